The van der Waals surface area contributed by atoms with E-state index >= 15 is 0 Å². The first kappa shape index (κ1) is 15.7. The molecule has 0 bridgehead atoms. The van der Waals surface area contributed by atoms with Crippen molar-refractivity contribution in [3.05, 3.63) is 33.7 Å². The molecule has 2 aliphatic rings. The van der Waals surface area contributed by atoms with Crippen molar-refractivity contribution in [3.63, 3.8) is 0 Å². The minimum absolute atomic E-state index is 0.0883. The molecular formula is C17H26N2O3. The van der Waals surface area contributed by atoms with Crippen molar-refractivity contribution in [2.75, 3.05) is 33.5 Å². The van der Waals surface area contributed by atoms with E-state index in [1.807, 2.05) is 10.6 Å². The van der Waals surface area contributed by atoms with Crippen molar-refractivity contribution in [1.29, 1.82) is 0 Å². The van der Waals surface area contributed by atoms with Gasteiger partial charge in [0.15, 0.2) is 0 Å². The molecule has 2 heterocycles. The zero-order valence-electron chi connectivity index (χ0n) is 13.3. The average molecular weight is 306 g/mol. The van der Waals surface area contributed by atoms with Gasteiger partial charge in [0.2, 0.25) is 0 Å². The molecular weight excluding hydrogens is 280 g/mol. The van der Waals surface area contributed by atoms with Crippen LogP contribution < -0.4 is 10.9 Å². The highest BCUT2D eigenvalue weighted by atomic mass is 16.5. The summed E-state index contributed by atoms with van der Waals surface area (Å²) in [6, 6.07) is 4.22. The van der Waals surface area contributed by atoms with Crippen molar-refractivity contribution < 1.29 is 9.47 Å². The number of fused-ring (bicyclic) bond motifs is 1. The maximum absolute atomic E-state index is 12.1. The van der Waals surface area contributed by atoms with E-state index in [9.17, 15) is 4.79 Å². The van der Waals surface area contributed by atoms with Gasteiger partial charge in [-0.1, -0.05) is 6.07 Å². The number of ether oxygens (including phenoxy) is 2. The normalized spacial score (nSPS) is 24.4. The van der Waals surface area contributed by atoms with Crippen molar-refractivity contribution in [2.45, 2.75) is 38.3 Å². The maximum Gasteiger partial charge on any atom is 0.250 e. The number of hydrogen-bond acceptors (Lipinski definition) is 4. The van der Waals surface area contributed by atoms with Crippen molar-refractivity contribution in [2.24, 2.45) is 5.92 Å². The summed E-state index contributed by atoms with van der Waals surface area (Å²) < 4.78 is 12.4. The fraction of sp³-hybridized carbons (Fsp3) is 0.706. The average Bonchev–Trinajstić information content (AvgIpc) is 3.05. The maximum atomic E-state index is 12.1. The van der Waals surface area contributed by atoms with E-state index in [1.54, 1.807) is 13.2 Å². The second-order valence-electron chi connectivity index (χ2n) is 6.37. The Labute approximate surface area is 131 Å². The van der Waals surface area contributed by atoms with Crippen LogP contribution in [0.3, 0.4) is 0 Å². The van der Waals surface area contributed by atoms with Gasteiger partial charge in [-0.25, -0.2) is 0 Å². The zero-order chi connectivity index (χ0) is 15.4. The second-order valence-corrected chi connectivity index (χ2v) is 6.37. The van der Waals surface area contributed by atoms with E-state index in [0.29, 0.717) is 25.1 Å². The third-order valence-corrected chi connectivity index (χ3v) is 4.82. The number of nitrogens with one attached hydrogen (secondary N) is 1. The van der Waals surface area contributed by atoms with Gasteiger partial charge in [0.05, 0.1) is 13.2 Å². The Bertz CT molecular complexity index is 549. The van der Waals surface area contributed by atoms with Crippen LogP contribution in [0.2, 0.25) is 0 Å². The number of aromatic nitrogens is 1. The van der Waals surface area contributed by atoms with Gasteiger partial charge in [0, 0.05) is 44.6 Å². The van der Waals surface area contributed by atoms with Crippen LogP contribution in [0.25, 0.3) is 0 Å². The zero-order valence-corrected chi connectivity index (χ0v) is 13.3. The van der Waals surface area contributed by atoms with Crippen LogP contribution in [0.1, 0.15) is 24.1 Å². The van der Waals surface area contributed by atoms with Gasteiger partial charge in [0.25, 0.3) is 5.56 Å². The molecule has 1 fully saturated rings. The number of rotatable bonds is 6. The summed E-state index contributed by atoms with van der Waals surface area (Å²) in [5, 5.41) is 3.69. The molecule has 22 heavy (non-hydrogen) atoms. The van der Waals surface area contributed by atoms with Crippen LogP contribution in [0.4, 0.5) is 0 Å². The molecule has 3 rings (SSSR count). The lowest BCUT2D eigenvalue weighted by Gasteiger charge is -2.28. The van der Waals surface area contributed by atoms with Gasteiger partial charge >= 0.3 is 0 Å². The molecule has 2 atom stereocenters. The van der Waals surface area contributed by atoms with Crippen molar-refractivity contribution >= 4 is 0 Å². The smallest absolute Gasteiger partial charge is 0.250 e. The summed E-state index contributed by atoms with van der Waals surface area (Å²) in [5.74, 6) is 0.664. The van der Waals surface area contributed by atoms with Crippen LogP contribution in [0.15, 0.2) is 16.9 Å². The van der Waals surface area contributed by atoms with Crippen LogP contribution in [-0.4, -0.2) is 44.1 Å². The summed E-state index contributed by atoms with van der Waals surface area (Å²) in [5.41, 5.74) is 2.60. The van der Waals surface area contributed by atoms with E-state index in [4.69, 9.17) is 9.47 Å². The number of methoxy groups -OCH3 is 1. The molecule has 122 valence electrons. The van der Waals surface area contributed by atoms with Crippen LogP contribution in [0, 0.1) is 5.92 Å². The molecule has 0 radical (unpaired) electrons. The fourth-order valence-electron chi connectivity index (χ4n) is 3.50. The Hall–Kier alpha value is -1.17. The summed E-state index contributed by atoms with van der Waals surface area (Å²) in [7, 11) is 1.67. The lowest BCUT2D eigenvalue weighted by Crippen LogP contribution is -2.39. The minimum Gasteiger partial charge on any atom is -0.383 e. The van der Waals surface area contributed by atoms with Gasteiger partial charge in [-0.15, -0.1) is 0 Å². The molecule has 1 aliphatic carbocycles. The van der Waals surface area contributed by atoms with Crippen molar-refractivity contribution in [3.8, 4) is 0 Å². The Morgan fingerprint density at radius 3 is 3.09 bits per heavy atom. The molecule has 1 saturated heterocycles. The van der Waals surface area contributed by atoms with Gasteiger partial charge in [-0.05, 0) is 37.2 Å². The highest BCUT2D eigenvalue weighted by Crippen LogP contribution is 2.21. The van der Waals surface area contributed by atoms with Crippen LogP contribution in [-0.2, 0) is 28.9 Å². The molecule has 0 aromatic carbocycles. The first-order valence-corrected chi connectivity index (χ1v) is 8.29. The molecule has 1 N–H and O–H groups in total. The monoisotopic (exact) mass is 306 g/mol. The third kappa shape index (κ3) is 3.59. The number of pyridine rings is 1. The quantitative estimate of drug-likeness (QED) is 0.851. The van der Waals surface area contributed by atoms with Crippen molar-refractivity contribution in [1.82, 2.24) is 9.88 Å². The van der Waals surface area contributed by atoms with Crippen LogP contribution in [0.5, 0.6) is 0 Å². The topological polar surface area (TPSA) is 52.5 Å². The Balaban J connectivity index is 1.63. The number of hydrogen-bond donors (Lipinski definition) is 1. The van der Waals surface area contributed by atoms with E-state index in [-0.39, 0.29) is 5.56 Å². The van der Waals surface area contributed by atoms with Gasteiger partial charge in [-0.3, -0.25) is 4.79 Å². The molecule has 0 amide bonds. The van der Waals surface area contributed by atoms with E-state index < -0.39 is 0 Å². The first-order valence-electron chi connectivity index (χ1n) is 8.29. The first-order chi connectivity index (χ1) is 10.8. The highest BCUT2D eigenvalue weighted by molar-refractivity contribution is 5.25. The molecule has 0 unspecified atom stereocenters. The molecule has 0 saturated carbocycles. The largest absolute Gasteiger partial charge is 0.383 e. The molecule has 0 spiro atoms. The Morgan fingerprint density at radius 2 is 2.32 bits per heavy atom. The standard InChI is InChI=1S/C17H26N2O3/c1-21-9-7-19-16-4-3-15(10-14(16)2-5-17(19)20)18-11-13-6-8-22-12-13/h2,5,13,15,18H,3-4,6-12H2,1H3/t13-,15+/m1/s1. The Kier molecular flexibility index (Phi) is 5.28. The Morgan fingerprint density at radius 1 is 1.41 bits per heavy atom. The summed E-state index contributed by atoms with van der Waals surface area (Å²) in [6.45, 7) is 4.08. The lowest BCUT2D eigenvalue weighted by atomic mass is 9.91. The summed E-state index contributed by atoms with van der Waals surface area (Å²) in [6.07, 6.45) is 4.24. The van der Waals surface area contributed by atoms with Gasteiger partial charge in [0.1, 0.15) is 0 Å². The summed E-state index contributed by atoms with van der Waals surface area (Å²) in [4.78, 5) is 12.1. The van der Waals surface area contributed by atoms with E-state index in [1.165, 1.54) is 17.7 Å². The SMILES string of the molecule is COCCn1c2c(ccc1=O)C[C@@H](NC[C@H]1CCOC1)CC2. The predicted octanol–water partition coefficient (Wildman–Crippen LogP) is 0.978. The van der Waals surface area contributed by atoms with E-state index in [0.717, 1.165) is 39.0 Å². The molecule has 1 aromatic rings. The van der Waals surface area contributed by atoms with E-state index in [2.05, 4.69) is 5.32 Å². The second kappa shape index (κ2) is 7.40. The highest BCUT2D eigenvalue weighted by Gasteiger charge is 2.23. The van der Waals surface area contributed by atoms with Gasteiger partial charge in [-0.2, -0.15) is 0 Å². The number of nitrogens with zero attached hydrogens (tertiary/aromatic N) is 1. The third-order valence-electron chi connectivity index (χ3n) is 4.82. The molecule has 5 nitrogen and oxygen atoms in total. The summed E-state index contributed by atoms with van der Waals surface area (Å²) >= 11 is 0. The lowest BCUT2D eigenvalue weighted by molar-refractivity contribution is 0.183. The van der Waals surface area contributed by atoms with Crippen LogP contribution >= 0.6 is 0 Å². The predicted molar refractivity (Wildman–Crippen MR) is 85.3 cm³/mol. The fourth-order valence-corrected chi connectivity index (χ4v) is 3.50. The van der Waals surface area contributed by atoms with Gasteiger partial charge < -0.3 is 19.4 Å². The molecule has 1 aliphatic heterocycles. The molecule has 1 aromatic heterocycles. The minimum atomic E-state index is 0.0883. The molecule has 5 heteroatoms.